The van der Waals surface area contributed by atoms with Crippen LogP contribution < -0.4 is 15.4 Å². The number of anilines is 1. The summed E-state index contributed by atoms with van der Waals surface area (Å²) >= 11 is 0. The lowest BCUT2D eigenvalue weighted by Gasteiger charge is -2.23. The average molecular weight is 431 g/mol. The Labute approximate surface area is 192 Å². The normalized spacial score (nSPS) is 12.1. The van der Waals surface area contributed by atoms with Crippen LogP contribution >= 0.6 is 0 Å². The van der Waals surface area contributed by atoms with Gasteiger partial charge in [-0.2, -0.15) is 0 Å². The number of benzene rings is 3. The predicted octanol–water partition coefficient (Wildman–Crippen LogP) is 6.71. The SMILES string of the molecule is CC(CCc1ccc(OCc2ccccc2)cc1)NC(=O)Nc1ccccc1C(C)(C)C. The highest BCUT2D eigenvalue weighted by atomic mass is 16.5. The number of carbonyl (C=O) groups is 1. The van der Waals surface area contributed by atoms with E-state index in [1.807, 2.05) is 55.5 Å². The second-order valence-corrected chi connectivity index (χ2v) is 9.25. The number of urea groups is 1. The topological polar surface area (TPSA) is 50.4 Å². The summed E-state index contributed by atoms with van der Waals surface area (Å²) in [5, 5.41) is 6.07. The van der Waals surface area contributed by atoms with Crippen LogP contribution in [0.25, 0.3) is 0 Å². The van der Waals surface area contributed by atoms with Gasteiger partial charge < -0.3 is 15.4 Å². The van der Waals surface area contributed by atoms with Crippen LogP contribution in [0.3, 0.4) is 0 Å². The molecule has 32 heavy (non-hydrogen) atoms. The molecule has 3 rings (SSSR count). The van der Waals surface area contributed by atoms with Crippen LogP contribution in [0.2, 0.25) is 0 Å². The molecule has 0 saturated heterocycles. The lowest BCUT2D eigenvalue weighted by molar-refractivity contribution is 0.248. The Balaban J connectivity index is 1.44. The van der Waals surface area contributed by atoms with E-state index in [2.05, 4.69) is 61.7 Å². The standard InChI is InChI=1S/C28H34N2O2/c1-21(29-27(31)30-26-13-9-8-12-25(26)28(2,3)4)14-15-22-16-18-24(19-17-22)32-20-23-10-6-5-7-11-23/h5-13,16-19,21H,14-15,20H2,1-4H3,(H2,29,30,31). The third-order valence-corrected chi connectivity index (χ3v) is 5.40. The fraction of sp³-hybridized carbons (Fsp3) is 0.321. The lowest BCUT2D eigenvalue weighted by Crippen LogP contribution is -2.36. The van der Waals surface area contributed by atoms with E-state index in [1.165, 1.54) is 5.56 Å². The molecule has 1 atom stereocenters. The first-order valence-corrected chi connectivity index (χ1v) is 11.2. The van der Waals surface area contributed by atoms with Crippen molar-refractivity contribution in [3.8, 4) is 5.75 Å². The number of aryl methyl sites for hydroxylation is 1. The van der Waals surface area contributed by atoms with E-state index >= 15 is 0 Å². The molecule has 0 bridgehead atoms. The van der Waals surface area contributed by atoms with Gasteiger partial charge >= 0.3 is 6.03 Å². The summed E-state index contributed by atoms with van der Waals surface area (Å²) in [4.78, 5) is 12.5. The molecule has 2 amide bonds. The van der Waals surface area contributed by atoms with Gasteiger partial charge in [-0.25, -0.2) is 4.79 Å². The van der Waals surface area contributed by atoms with Crippen molar-refractivity contribution in [2.24, 2.45) is 0 Å². The molecule has 1 unspecified atom stereocenters. The largest absolute Gasteiger partial charge is 0.489 e. The Morgan fingerprint density at radius 3 is 2.22 bits per heavy atom. The molecule has 168 valence electrons. The molecule has 2 N–H and O–H groups in total. The van der Waals surface area contributed by atoms with E-state index in [1.54, 1.807) is 0 Å². The maximum absolute atomic E-state index is 12.5. The molecular weight excluding hydrogens is 396 g/mol. The van der Waals surface area contributed by atoms with Gasteiger partial charge in [0.25, 0.3) is 0 Å². The molecule has 3 aromatic rings. The highest BCUT2D eigenvalue weighted by molar-refractivity contribution is 5.90. The second kappa shape index (κ2) is 10.9. The first kappa shape index (κ1) is 23.4. The molecule has 4 nitrogen and oxygen atoms in total. The molecule has 0 heterocycles. The van der Waals surface area contributed by atoms with Crippen molar-refractivity contribution in [3.63, 3.8) is 0 Å². The Bertz CT molecular complexity index is 992. The lowest BCUT2D eigenvalue weighted by atomic mass is 9.86. The number of amides is 2. The van der Waals surface area contributed by atoms with E-state index in [0.29, 0.717) is 6.61 Å². The van der Waals surface area contributed by atoms with E-state index in [-0.39, 0.29) is 17.5 Å². The molecule has 4 heteroatoms. The fourth-order valence-electron chi connectivity index (χ4n) is 3.58. The highest BCUT2D eigenvalue weighted by Gasteiger charge is 2.19. The number of hydrogen-bond donors (Lipinski definition) is 2. The molecule has 0 spiro atoms. The Hall–Kier alpha value is -3.27. The zero-order valence-corrected chi connectivity index (χ0v) is 19.5. The third kappa shape index (κ3) is 7.16. The van der Waals surface area contributed by atoms with Crippen molar-refractivity contribution in [2.45, 2.75) is 58.6 Å². The number of rotatable bonds is 8. The van der Waals surface area contributed by atoms with Crippen LogP contribution in [0.4, 0.5) is 10.5 Å². The molecule has 0 aliphatic rings. The van der Waals surface area contributed by atoms with Crippen molar-refractivity contribution in [2.75, 3.05) is 5.32 Å². The van der Waals surface area contributed by atoms with Gasteiger partial charge in [-0.3, -0.25) is 0 Å². The quantitative estimate of drug-likeness (QED) is 0.417. The zero-order chi connectivity index (χ0) is 23.0. The molecule has 3 aromatic carbocycles. The summed E-state index contributed by atoms with van der Waals surface area (Å²) in [6.45, 7) is 9.03. The molecule has 0 fully saturated rings. The smallest absolute Gasteiger partial charge is 0.319 e. The minimum atomic E-state index is -0.168. The number of carbonyl (C=O) groups excluding carboxylic acids is 1. The number of para-hydroxylation sites is 1. The minimum Gasteiger partial charge on any atom is -0.489 e. The molecular formula is C28H34N2O2. The van der Waals surface area contributed by atoms with Gasteiger partial charge in [0, 0.05) is 11.7 Å². The number of nitrogens with one attached hydrogen (secondary N) is 2. The van der Waals surface area contributed by atoms with Crippen LogP contribution in [0.1, 0.15) is 50.8 Å². The van der Waals surface area contributed by atoms with E-state index in [9.17, 15) is 4.79 Å². The van der Waals surface area contributed by atoms with Crippen LogP contribution in [-0.2, 0) is 18.4 Å². The average Bonchev–Trinajstić information content (AvgIpc) is 2.77. The van der Waals surface area contributed by atoms with Crippen molar-refractivity contribution >= 4 is 11.7 Å². The van der Waals surface area contributed by atoms with Crippen molar-refractivity contribution in [1.82, 2.24) is 5.32 Å². The highest BCUT2D eigenvalue weighted by Crippen LogP contribution is 2.29. The van der Waals surface area contributed by atoms with Gasteiger partial charge in [-0.05, 0) is 60.1 Å². The maximum atomic E-state index is 12.5. The summed E-state index contributed by atoms with van der Waals surface area (Å²) in [7, 11) is 0. The minimum absolute atomic E-state index is 0.0353. The first-order valence-electron chi connectivity index (χ1n) is 11.2. The predicted molar refractivity (Wildman–Crippen MR) is 132 cm³/mol. The summed E-state index contributed by atoms with van der Waals surface area (Å²) in [5.41, 5.74) is 4.32. The van der Waals surface area contributed by atoms with Crippen molar-refractivity contribution < 1.29 is 9.53 Å². The Kier molecular flexibility index (Phi) is 7.93. The molecule has 0 aliphatic carbocycles. The van der Waals surface area contributed by atoms with E-state index in [0.717, 1.165) is 35.4 Å². The van der Waals surface area contributed by atoms with Gasteiger partial charge in [0.15, 0.2) is 0 Å². The second-order valence-electron chi connectivity index (χ2n) is 9.25. The van der Waals surface area contributed by atoms with Crippen molar-refractivity contribution in [3.05, 3.63) is 95.6 Å². The van der Waals surface area contributed by atoms with Crippen molar-refractivity contribution in [1.29, 1.82) is 0 Å². The van der Waals surface area contributed by atoms with Crippen LogP contribution in [-0.4, -0.2) is 12.1 Å². The fourth-order valence-corrected chi connectivity index (χ4v) is 3.58. The number of hydrogen-bond acceptors (Lipinski definition) is 2. The molecule has 0 aromatic heterocycles. The summed E-state index contributed by atoms with van der Waals surface area (Å²) in [5.74, 6) is 0.862. The number of ether oxygens (including phenoxy) is 1. The summed E-state index contributed by atoms with van der Waals surface area (Å²) in [6, 6.07) is 26.2. The van der Waals surface area contributed by atoms with E-state index in [4.69, 9.17) is 4.74 Å². The van der Waals surface area contributed by atoms with Crippen LogP contribution in [0, 0.1) is 0 Å². The van der Waals surface area contributed by atoms with Gasteiger partial charge in [-0.1, -0.05) is 81.4 Å². The van der Waals surface area contributed by atoms with Gasteiger partial charge in [0.05, 0.1) is 0 Å². The first-order chi connectivity index (χ1) is 15.3. The van der Waals surface area contributed by atoms with E-state index < -0.39 is 0 Å². The summed E-state index contributed by atoms with van der Waals surface area (Å²) in [6.07, 6.45) is 1.75. The zero-order valence-electron chi connectivity index (χ0n) is 19.5. The van der Waals surface area contributed by atoms with Gasteiger partial charge in [-0.15, -0.1) is 0 Å². The Morgan fingerprint density at radius 2 is 1.53 bits per heavy atom. The monoisotopic (exact) mass is 430 g/mol. The molecule has 0 radical (unpaired) electrons. The maximum Gasteiger partial charge on any atom is 0.319 e. The molecule has 0 aliphatic heterocycles. The summed E-state index contributed by atoms with van der Waals surface area (Å²) < 4.78 is 5.85. The Morgan fingerprint density at radius 1 is 0.875 bits per heavy atom. The van der Waals surface area contributed by atoms with Crippen LogP contribution in [0.5, 0.6) is 5.75 Å². The van der Waals surface area contributed by atoms with Crippen LogP contribution in [0.15, 0.2) is 78.9 Å². The van der Waals surface area contributed by atoms with Gasteiger partial charge in [0.1, 0.15) is 12.4 Å². The molecule has 0 saturated carbocycles. The third-order valence-electron chi connectivity index (χ3n) is 5.40. The van der Waals surface area contributed by atoms with Gasteiger partial charge in [0.2, 0.25) is 0 Å².